The third-order valence-electron chi connectivity index (χ3n) is 4.17. The van der Waals surface area contributed by atoms with Crippen molar-refractivity contribution in [3.05, 3.63) is 12.2 Å². The van der Waals surface area contributed by atoms with Crippen LogP contribution in [0.2, 0.25) is 0 Å². The normalized spacial score (nSPS) is 34.9. The van der Waals surface area contributed by atoms with Gasteiger partial charge in [-0.25, -0.2) is 0 Å². The minimum Gasteiger partial charge on any atom is -0.310 e. The third-order valence-corrected chi connectivity index (χ3v) is 4.17. The van der Waals surface area contributed by atoms with E-state index in [0.29, 0.717) is 0 Å². The number of hydrogen-bond acceptors (Lipinski definition) is 2. The molecule has 0 aromatic heterocycles. The van der Waals surface area contributed by atoms with Crippen LogP contribution in [0.25, 0.3) is 0 Å². The standard InChI is InChI=1S/C13H22N2/c1-10(7-14-12-3-4-12)8-15-9-11-2-5-13(15)6-11/h11-14H,1-9H2. The van der Waals surface area contributed by atoms with Gasteiger partial charge in [-0.3, -0.25) is 4.90 Å². The van der Waals surface area contributed by atoms with Crippen molar-refractivity contribution < 1.29 is 0 Å². The lowest BCUT2D eigenvalue weighted by molar-refractivity contribution is 0.230. The van der Waals surface area contributed by atoms with E-state index < -0.39 is 0 Å². The highest BCUT2D eigenvalue weighted by molar-refractivity contribution is 5.05. The summed E-state index contributed by atoms with van der Waals surface area (Å²) in [6.45, 7) is 7.72. The lowest BCUT2D eigenvalue weighted by Gasteiger charge is -2.27. The maximum Gasteiger partial charge on any atom is 0.0205 e. The summed E-state index contributed by atoms with van der Waals surface area (Å²) in [6, 6.07) is 1.71. The molecule has 2 nitrogen and oxygen atoms in total. The first-order chi connectivity index (χ1) is 7.31. The van der Waals surface area contributed by atoms with Gasteiger partial charge < -0.3 is 5.32 Å². The Morgan fingerprint density at radius 2 is 2.13 bits per heavy atom. The number of piperidine rings is 1. The molecule has 0 radical (unpaired) electrons. The number of likely N-dealkylation sites (tertiary alicyclic amines) is 1. The van der Waals surface area contributed by atoms with Gasteiger partial charge in [0.05, 0.1) is 0 Å². The van der Waals surface area contributed by atoms with E-state index in [4.69, 9.17) is 0 Å². The van der Waals surface area contributed by atoms with E-state index in [9.17, 15) is 0 Å². The predicted octanol–water partition coefficient (Wildman–Crippen LogP) is 1.78. The second kappa shape index (κ2) is 3.91. The summed E-state index contributed by atoms with van der Waals surface area (Å²) in [5.41, 5.74) is 1.38. The lowest BCUT2D eigenvalue weighted by atomic mass is 10.1. The first-order valence-electron chi connectivity index (χ1n) is 6.45. The van der Waals surface area contributed by atoms with E-state index in [0.717, 1.165) is 31.1 Å². The van der Waals surface area contributed by atoms with Crippen LogP contribution in [0.15, 0.2) is 12.2 Å². The van der Waals surface area contributed by atoms with Crippen LogP contribution in [-0.2, 0) is 0 Å². The minimum absolute atomic E-state index is 0.816. The molecule has 1 saturated heterocycles. The Morgan fingerprint density at radius 1 is 1.27 bits per heavy atom. The average Bonchev–Trinajstić information content (AvgIpc) is 2.84. The summed E-state index contributed by atoms with van der Waals surface area (Å²) in [7, 11) is 0. The maximum atomic E-state index is 4.20. The lowest BCUT2D eigenvalue weighted by Crippen LogP contribution is -2.35. The summed E-state index contributed by atoms with van der Waals surface area (Å²) in [4.78, 5) is 2.66. The minimum atomic E-state index is 0.816. The topological polar surface area (TPSA) is 15.3 Å². The second-order valence-corrected chi connectivity index (χ2v) is 5.67. The van der Waals surface area contributed by atoms with Crippen LogP contribution in [0.5, 0.6) is 0 Å². The summed E-state index contributed by atoms with van der Waals surface area (Å²) >= 11 is 0. The molecule has 2 bridgehead atoms. The number of nitrogens with one attached hydrogen (secondary N) is 1. The molecule has 0 aromatic rings. The molecule has 1 heterocycles. The number of nitrogens with zero attached hydrogens (tertiary/aromatic N) is 1. The van der Waals surface area contributed by atoms with Gasteiger partial charge in [0.25, 0.3) is 0 Å². The van der Waals surface area contributed by atoms with Crippen molar-refractivity contribution in [2.75, 3.05) is 19.6 Å². The van der Waals surface area contributed by atoms with E-state index in [1.54, 1.807) is 0 Å². The molecule has 84 valence electrons. The Hall–Kier alpha value is -0.340. The zero-order valence-corrected chi connectivity index (χ0v) is 9.54. The molecule has 0 amide bonds. The summed E-state index contributed by atoms with van der Waals surface area (Å²) in [6.07, 6.45) is 7.13. The zero-order valence-electron chi connectivity index (χ0n) is 9.54. The molecule has 3 fully saturated rings. The van der Waals surface area contributed by atoms with E-state index in [2.05, 4.69) is 16.8 Å². The van der Waals surface area contributed by atoms with Crippen LogP contribution in [0.3, 0.4) is 0 Å². The molecule has 1 N–H and O–H groups in total. The van der Waals surface area contributed by atoms with E-state index in [1.807, 2.05) is 0 Å². The second-order valence-electron chi connectivity index (χ2n) is 5.67. The fourth-order valence-corrected chi connectivity index (χ4v) is 3.14. The zero-order chi connectivity index (χ0) is 10.3. The van der Waals surface area contributed by atoms with Crippen LogP contribution < -0.4 is 5.32 Å². The molecular weight excluding hydrogens is 184 g/mol. The quantitative estimate of drug-likeness (QED) is 0.690. The number of hydrogen-bond donors (Lipinski definition) is 1. The van der Waals surface area contributed by atoms with Gasteiger partial charge in [-0.15, -0.1) is 0 Å². The molecule has 2 saturated carbocycles. The molecule has 0 spiro atoms. The molecule has 0 aromatic carbocycles. The van der Waals surface area contributed by atoms with Crippen LogP contribution in [-0.4, -0.2) is 36.6 Å². The Labute approximate surface area is 92.7 Å². The van der Waals surface area contributed by atoms with Crippen molar-refractivity contribution in [2.24, 2.45) is 5.92 Å². The number of fused-ring (bicyclic) bond motifs is 2. The summed E-state index contributed by atoms with van der Waals surface area (Å²) < 4.78 is 0. The van der Waals surface area contributed by atoms with Crippen LogP contribution in [0, 0.1) is 5.92 Å². The van der Waals surface area contributed by atoms with Crippen molar-refractivity contribution in [1.29, 1.82) is 0 Å². The highest BCUT2D eigenvalue weighted by Crippen LogP contribution is 2.37. The van der Waals surface area contributed by atoms with Crippen LogP contribution in [0.1, 0.15) is 32.1 Å². The molecule has 2 atom stereocenters. The third kappa shape index (κ3) is 2.26. The first-order valence-corrected chi connectivity index (χ1v) is 6.45. The van der Waals surface area contributed by atoms with Gasteiger partial charge in [0.15, 0.2) is 0 Å². The van der Waals surface area contributed by atoms with Gasteiger partial charge in [0, 0.05) is 31.7 Å². The summed E-state index contributed by atoms with van der Waals surface area (Å²) in [5.74, 6) is 1.01. The number of rotatable bonds is 5. The molecule has 2 aliphatic carbocycles. The highest BCUT2D eigenvalue weighted by atomic mass is 15.2. The Bertz CT molecular complexity index is 257. The summed E-state index contributed by atoms with van der Waals surface area (Å²) in [5, 5.41) is 3.55. The Morgan fingerprint density at radius 3 is 2.73 bits per heavy atom. The first kappa shape index (κ1) is 9.86. The van der Waals surface area contributed by atoms with Crippen molar-refractivity contribution >= 4 is 0 Å². The maximum absolute atomic E-state index is 4.20. The molecule has 3 rings (SSSR count). The molecular formula is C13H22N2. The smallest absolute Gasteiger partial charge is 0.0205 e. The Kier molecular flexibility index (Phi) is 2.57. The molecule has 1 aliphatic heterocycles. The molecule has 2 heteroatoms. The van der Waals surface area contributed by atoms with Crippen LogP contribution >= 0.6 is 0 Å². The van der Waals surface area contributed by atoms with Gasteiger partial charge in [-0.05, 0) is 43.6 Å². The van der Waals surface area contributed by atoms with Crippen molar-refractivity contribution in [3.63, 3.8) is 0 Å². The van der Waals surface area contributed by atoms with E-state index in [-0.39, 0.29) is 0 Å². The van der Waals surface area contributed by atoms with Gasteiger partial charge in [0.2, 0.25) is 0 Å². The van der Waals surface area contributed by atoms with E-state index >= 15 is 0 Å². The largest absolute Gasteiger partial charge is 0.310 e. The van der Waals surface area contributed by atoms with Gasteiger partial charge in [-0.1, -0.05) is 6.58 Å². The SMILES string of the molecule is C=C(CNC1CC1)CN1CC2CCC1C2. The molecule has 15 heavy (non-hydrogen) atoms. The van der Waals surface area contributed by atoms with Gasteiger partial charge in [-0.2, -0.15) is 0 Å². The van der Waals surface area contributed by atoms with E-state index in [1.165, 1.54) is 44.2 Å². The van der Waals surface area contributed by atoms with Crippen molar-refractivity contribution in [3.8, 4) is 0 Å². The average molecular weight is 206 g/mol. The van der Waals surface area contributed by atoms with Crippen molar-refractivity contribution in [1.82, 2.24) is 10.2 Å². The fraction of sp³-hybridized carbons (Fsp3) is 0.846. The van der Waals surface area contributed by atoms with Crippen LogP contribution in [0.4, 0.5) is 0 Å². The predicted molar refractivity (Wildman–Crippen MR) is 62.9 cm³/mol. The molecule has 2 unspecified atom stereocenters. The fourth-order valence-electron chi connectivity index (χ4n) is 3.14. The van der Waals surface area contributed by atoms with Gasteiger partial charge in [0.1, 0.15) is 0 Å². The van der Waals surface area contributed by atoms with Gasteiger partial charge >= 0.3 is 0 Å². The van der Waals surface area contributed by atoms with Crippen molar-refractivity contribution in [2.45, 2.75) is 44.2 Å². The highest BCUT2D eigenvalue weighted by Gasteiger charge is 2.37. The molecule has 3 aliphatic rings. The monoisotopic (exact) mass is 206 g/mol. The Balaban J connectivity index is 1.42.